The highest BCUT2D eigenvalue weighted by Gasteiger charge is 2.36. The van der Waals surface area contributed by atoms with Gasteiger partial charge in [-0.15, -0.1) is 0 Å². The van der Waals surface area contributed by atoms with Crippen molar-refractivity contribution in [2.75, 3.05) is 47.5 Å². The summed E-state index contributed by atoms with van der Waals surface area (Å²) in [5.74, 6) is -0.912. The standard InChI is InChI=1S/C46H82NO9P/c1-6-8-10-11-12-13-14-15-16-17-18-22-25-28-32-36-45(48)52-40-42(41-54-57(50,51)53-39-38-47(3,4)5)55-46(49)37-33-29-26-23-20-19-21-24-27-31-35-44-43(56-44)34-30-9-7-2/h13-14,19,21,23,26-27,31,42-44H,6-12,15-18,20,22,24-25,28-30,32-41H2,1-5H3/b14-13-,21-19-,26-23-,31-27-/t42-,43?,44?/m1/s1. The van der Waals surface area contributed by atoms with Gasteiger partial charge in [0.2, 0.25) is 0 Å². The van der Waals surface area contributed by atoms with Crippen LogP contribution in [0.5, 0.6) is 0 Å². The van der Waals surface area contributed by atoms with Crippen molar-refractivity contribution in [2.24, 2.45) is 0 Å². The number of hydrogen-bond acceptors (Lipinski definition) is 9. The first kappa shape index (κ1) is 52.9. The Bertz CT molecular complexity index is 1180. The second kappa shape index (κ2) is 34.8. The van der Waals surface area contributed by atoms with Gasteiger partial charge in [-0.3, -0.25) is 14.2 Å². The van der Waals surface area contributed by atoms with Crippen LogP contribution >= 0.6 is 7.82 Å². The summed E-state index contributed by atoms with van der Waals surface area (Å²) < 4.78 is 39.6. The van der Waals surface area contributed by atoms with Crippen LogP contribution < -0.4 is 4.89 Å². The number of hydrogen-bond donors (Lipinski definition) is 0. The van der Waals surface area contributed by atoms with Crippen LogP contribution in [0.2, 0.25) is 0 Å². The van der Waals surface area contributed by atoms with Crippen molar-refractivity contribution in [3.63, 3.8) is 0 Å². The number of carbonyl (C=O) groups is 2. The number of quaternary nitrogens is 1. The van der Waals surface area contributed by atoms with Crippen LogP contribution in [0.4, 0.5) is 0 Å². The van der Waals surface area contributed by atoms with Gasteiger partial charge in [0.15, 0.2) is 6.10 Å². The van der Waals surface area contributed by atoms with Gasteiger partial charge in [0.25, 0.3) is 7.82 Å². The first-order valence-electron chi connectivity index (χ1n) is 22.5. The molecule has 0 amide bonds. The minimum absolute atomic E-state index is 0.0451. The summed E-state index contributed by atoms with van der Waals surface area (Å²) in [6.07, 6.45) is 41.7. The molecule has 0 saturated carbocycles. The summed E-state index contributed by atoms with van der Waals surface area (Å²) in [6, 6.07) is 0. The minimum Gasteiger partial charge on any atom is -0.756 e. The number of rotatable bonds is 39. The Morgan fingerprint density at radius 1 is 0.649 bits per heavy atom. The average molecular weight is 824 g/mol. The van der Waals surface area contributed by atoms with Crippen molar-refractivity contribution in [1.29, 1.82) is 0 Å². The molecule has 1 saturated heterocycles. The van der Waals surface area contributed by atoms with E-state index >= 15 is 0 Å². The molecule has 0 spiro atoms. The van der Waals surface area contributed by atoms with Gasteiger partial charge < -0.3 is 32.6 Å². The van der Waals surface area contributed by atoms with Gasteiger partial charge in [-0.1, -0.05) is 133 Å². The van der Waals surface area contributed by atoms with Crippen LogP contribution in [0.25, 0.3) is 0 Å². The van der Waals surface area contributed by atoms with E-state index in [4.69, 9.17) is 23.3 Å². The number of epoxide rings is 1. The highest BCUT2D eigenvalue weighted by Crippen LogP contribution is 2.38. The minimum atomic E-state index is -4.64. The van der Waals surface area contributed by atoms with E-state index in [9.17, 15) is 19.0 Å². The van der Waals surface area contributed by atoms with Crippen LogP contribution in [0.15, 0.2) is 48.6 Å². The number of likely N-dealkylation sites (N-methyl/N-ethyl adjacent to an activating group) is 1. The lowest BCUT2D eigenvalue weighted by molar-refractivity contribution is -0.870. The Hall–Kier alpha value is -2.07. The number of phosphoric ester groups is 1. The first-order chi connectivity index (χ1) is 27.5. The quantitative estimate of drug-likeness (QED) is 0.0149. The molecule has 1 heterocycles. The van der Waals surface area contributed by atoms with Crippen LogP contribution in [0.3, 0.4) is 0 Å². The normalized spacial score (nSPS) is 17.6. The van der Waals surface area contributed by atoms with Crippen molar-refractivity contribution < 1.29 is 46.8 Å². The molecule has 3 unspecified atom stereocenters. The van der Waals surface area contributed by atoms with Gasteiger partial charge in [-0.25, -0.2) is 0 Å². The SMILES string of the molecule is CCCCCC/C=C\CCCCCCCCCC(=O)OC[C@H](COP(=O)([O-])OCC[N+](C)(C)C)OC(=O)CCC/C=C\C/C=C\C/C=C\CC1OC1CCCCC. The molecule has 0 aromatic heterocycles. The summed E-state index contributed by atoms with van der Waals surface area (Å²) in [5.41, 5.74) is 0. The predicted molar refractivity (Wildman–Crippen MR) is 231 cm³/mol. The van der Waals surface area contributed by atoms with Gasteiger partial charge >= 0.3 is 11.9 Å². The summed E-state index contributed by atoms with van der Waals surface area (Å²) >= 11 is 0. The number of esters is 2. The fourth-order valence-corrected chi connectivity index (χ4v) is 6.82. The Balaban J connectivity index is 2.32. The second-order valence-corrected chi connectivity index (χ2v) is 17.9. The summed E-state index contributed by atoms with van der Waals surface area (Å²) in [6.45, 7) is 4.10. The molecule has 1 aliphatic heterocycles. The van der Waals surface area contributed by atoms with Crippen molar-refractivity contribution >= 4 is 19.8 Å². The number of carbonyl (C=O) groups excluding carboxylic acids is 2. The fraction of sp³-hybridized carbons (Fsp3) is 0.783. The molecule has 0 bridgehead atoms. The molecule has 4 atom stereocenters. The summed E-state index contributed by atoms with van der Waals surface area (Å²) in [4.78, 5) is 37.5. The topological polar surface area (TPSA) is 124 Å². The van der Waals surface area contributed by atoms with Gasteiger partial charge in [-0.2, -0.15) is 0 Å². The monoisotopic (exact) mass is 824 g/mol. The Morgan fingerprint density at radius 3 is 1.86 bits per heavy atom. The summed E-state index contributed by atoms with van der Waals surface area (Å²) in [7, 11) is 1.12. The largest absolute Gasteiger partial charge is 0.756 e. The van der Waals surface area contributed by atoms with E-state index in [0.29, 0.717) is 42.5 Å². The summed E-state index contributed by atoms with van der Waals surface area (Å²) in [5, 5.41) is 0. The van der Waals surface area contributed by atoms with E-state index in [1.807, 2.05) is 27.2 Å². The van der Waals surface area contributed by atoms with E-state index in [2.05, 4.69) is 56.4 Å². The molecular formula is C46H82NO9P. The molecule has 0 aliphatic carbocycles. The highest BCUT2D eigenvalue weighted by atomic mass is 31.2. The molecule has 57 heavy (non-hydrogen) atoms. The Morgan fingerprint density at radius 2 is 1.19 bits per heavy atom. The molecule has 11 heteroatoms. The molecule has 1 aliphatic rings. The van der Waals surface area contributed by atoms with Crippen LogP contribution in [0.1, 0.15) is 168 Å². The maximum atomic E-state index is 12.7. The molecular weight excluding hydrogens is 741 g/mol. The zero-order chi connectivity index (χ0) is 41.9. The van der Waals surface area contributed by atoms with Crippen LogP contribution in [0, 0.1) is 0 Å². The van der Waals surface area contributed by atoms with Crippen molar-refractivity contribution in [3.8, 4) is 0 Å². The molecule has 10 nitrogen and oxygen atoms in total. The van der Waals surface area contributed by atoms with E-state index < -0.39 is 32.5 Å². The van der Waals surface area contributed by atoms with Crippen molar-refractivity contribution in [3.05, 3.63) is 48.6 Å². The van der Waals surface area contributed by atoms with Crippen LogP contribution in [-0.4, -0.2) is 82.2 Å². The lowest BCUT2D eigenvalue weighted by Gasteiger charge is -2.28. The van der Waals surface area contributed by atoms with E-state index in [1.54, 1.807) is 0 Å². The third-order valence-electron chi connectivity index (χ3n) is 9.75. The molecule has 1 fully saturated rings. The molecule has 330 valence electrons. The maximum absolute atomic E-state index is 12.7. The third kappa shape index (κ3) is 35.6. The average Bonchev–Trinajstić information content (AvgIpc) is 3.91. The van der Waals surface area contributed by atoms with E-state index in [-0.39, 0.29) is 26.1 Å². The maximum Gasteiger partial charge on any atom is 0.306 e. The molecule has 0 aromatic rings. The van der Waals surface area contributed by atoms with Gasteiger partial charge in [0, 0.05) is 12.8 Å². The zero-order valence-electron chi connectivity index (χ0n) is 36.7. The number of phosphoric acid groups is 1. The lowest BCUT2D eigenvalue weighted by Crippen LogP contribution is -2.37. The predicted octanol–water partition coefficient (Wildman–Crippen LogP) is 11.0. The first-order valence-corrected chi connectivity index (χ1v) is 23.9. The number of allylic oxidation sites excluding steroid dienone is 7. The smallest absolute Gasteiger partial charge is 0.306 e. The van der Waals surface area contributed by atoms with Crippen LogP contribution in [-0.2, 0) is 37.4 Å². The molecule has 1 rings (SSSR count). The highest BCUT2D eigenvalue weighted by molar-refractivity contribution is 7.45. The number of unbranched alkanes of at least 4 members (excludes halogenated alkanes) is 14. The Labute approximate surface area is 348 Å². The molecule has 0 N–H and O–H groups in total. The second-order valence-electron chi connectivity index (χ2n) is 16.4. The van der Waals surface area contributed by atoms with E-state index in [0.717, 1.165) is 44.9 Å². The van der Waals surface area contributed by atoms with Crippen molar-refractivity contribution in [2.45, 2.75) is 186 Å². The zero-order valence-corrected chi connectivity index (χ0v) is 37.6. The Kier molecular flexibility index (Phi) is 32.3. The van der Waals surface area contributed by atoms with Crippen molar-refractivity contribution in [1.82, 2.24) is 0 Å². The molecule has 0 radical (unpaired) electrons. The fourth-order valence-electron chi connectivity index (χ4n) is 6.09. The lowest BCUT2D eigenvalue weighted by atomic mass is 10.1. The number of nitrogens with zero attached hydrogens (tertiary/aromatic N) is 1. The van der Waals surface area contributed by atoms with Gasteiger partial charge in [-0.05, 0) is 70.6 Å². The van der Waals surface area contributed by atoms with E-state index in [1.165, 1.54) is 77.0 Å². The third-order valence-corrected chi connectivity index (χ3v) is 10.7. The van der Waals surface area contributed by atoms with Gasteiger partial charge in [0.1, 0.15) is 19.8 Å². The van der Waals surface area contributed by atoms with Gasteiger partial charge in [0.05, 0.1) is 40.0 Å². The molecule has 0 aromatic carbocycles. The number of ether oxygens (including phenoxy) is 3.